The maximum absolute atomic E-state index is 12.1. The van der Waals surface area contributed by atoms with Crippen molar-refractivity contribution in [2.45, 2.75) is 39.2 Å². The van der Waals surface area contributed by atoms with Crippen LogP contribution in [0.3, 0.4) is 0 Å². The Labute approximate surface area is 109 Å². The minimum atomic E-state index is -0.533. The molecule has 0 aromatic rings. The predicted molar refractivity (Wildman–Crippen MR) is 69.0 cm³/mol. The average molecular weight is 256 g/mol. The minimum absolute atomic E-state index is 0.0324. The summed E-state index contributed by atoms with van der Waals surface area (Å²) < 4.78 is 4.75. The Balaban J connectivity index is 2.58. The van der Waals surface area contributed by atoms with Gasteiger partial charge in [0, 0.05) is 6.54 Å². The van der Waals surface area contributed by atoms with Crippen molar-refractivity contribution in [2.24, 2.45) is 11.8 Å². The van der Waals surface area contributed by atoms with Crippen molar-refractivity contribution in [3.63, 3.8) is 0 Å². The van der Waals surface area contributed by atoms with E-state index in [0.29, 0.717) is 6.54 Å². The van der Waals surface area contributed by atoms with E-state index in [4.69, 9.17) is 4.74 Å². The van der Waals surface area contributed by atoms with Crippen molar-refractivity contribution in [3.8, 4) is 0 Å². The van der Waals surface area contributed by atoms with Crippen molar-refractivity contribution in [2.75, 3.05) is 20.2 Å². The Morgan fingerprint density at radius 2 is 2.22 bits per heavy atom. The van der Waals surface area contributed by atoms with Gasteiger partial charge in [0.1, 0.15) is 6.04 Å². The molecule has 1 heterocycles. The maximum Gasteiger partial charge on any atom is 0.328 e. The zero-order valence-corrected chi connectivity index (χ0v) is 11.5. The molecule has 0 aromatic heterocycles. The molecule has 2 unspecified atom stereocenters. The van der Waals surface area contributed by atoms with E-state index in [0.717, 1.165) is 25.8 Å². The van der Waals surface area contributed by atoms with Crippen LogP contribution in [0.1, 0.15) is 33.1 Å². The number of piperidine rings is 1. The van der Waals surface area contributed by atoms with Crippen molar-refractivity contribution >= 4 is 11.9 Å². The molecule has 0 aromatic carbocycles. The summed E-state index contributed by atoms with van der Waals surface area (Å²) >= 11 is 0. The van der Waals surface area contributed by atoms with Gasteiger partial charge in [0.2, 0.25) is 5.91 Å². The van der Waals surface area contributed by atoms with E-state index in [9.17, 15) is 9.59 Å². The molecule has 1 fully saturated rings. The van der Waals surface area contributed by atoms with Gasteiger partial charge in [-0.15, -0.1) is 0 Å². The number of hydrogen-bond donors (Lipinski definition) is 2. The second kappa shape index (κ2) is 7.36. The van der Waals surface area contributed by atoms with Gasteiger partial charge in [-0.05, 0) is 25.3 Å². The molecule has 5 heteroatoms. The lowest BCUT2D eigenvalue weighted by molar-refractivity contribution is -0.147. The van der Waals surface area contributed by atoms with Crippen molar-refractivity contribution in [3.05, 3.63) is 0 Å². The lowest BCUT2D eigenvalue weighted by Crippen LogP contribution is -2.50. The quantitative estimate of drug-likeness (QED) is 0.710. The Hall–Kier alpha value is -1.10. The van der Waals surface area contributed by atoms with Crippen molar-refractivity contribution in [1.82, 2.24) is 10.6 Å². The molecule has 1 aliphatic heterocycles. The number of carbonyl (C=O) groups is 2. The lowest BCUT2D eigenvalue weighted by atomic mass is 9.95. The van der Waals surface area contributed by atoms with E-state index in [2.05, 4.69) is 10.6 Å². The van der Waals surface area contributed by atoms with Crippen LogP contribution >= 0.6 is 0 Å². The summed E-state index contributed by atoms with van der Waals surface area (Å²) in [7, 11) is 1.35. The number of rotatable bonds is 5. The van der Waals surface area contributed by atoms with E-state index in [1.807, 2.05) is 13.8 Å². The molecule has 18 heavy (non-hydrogen) atoms. The SMILES string of the molecule is CCC(C)C(NC(=O)[C@@H]1CCCNC1)C(=O)OC. The maximum atomic E-state index is 12.1. The summed E-state index contributed by atoms with van der Waals surface area (Å²) in [6.07, 6.45) is 2.71. The lowest BCUT2D eigenvalue weighted by Gasteiger charge is -2.26. The monoisotopic (exact) mass is 256 g/mol. The Morgan fingerprint density at radius 1 is 1.50 bits per heavy atom. The van der Waals surface area contributed by atoms with Gasteiger partial charge in [-0.25, -0.2) is 4.79 Å². The highest BCUT2D eigenvalue weighted by Crippen LogP contribution is 2.13. The minimum Gasteiger partial charge on any atom is -0.467 e. The summed E-state index contributed by atoms with van der Waals surface area (Å²) in [5.41, 5.74) is 0. The third kappa shape index (κ3) is 3.98. The number of hydrogen-bond acceptors (Lipinski definition) is 4. The molecule has 1 amide bonds. The first-order valence-electron chi connectivity index (χ1n) is 6.69. The molecule has 1 rings (SSSR count). The van der Waals surface area contributed by atoms with Crippen LogP contribution in [0, 0.1) is 11.8 Å². The molecule has 1 aliphatic rings. The fourth-order valence-electron chi connectivity index (χ4n) is 2.14. The van der Waals surface area contributed by atoms with Gasteiger partial charge in [-0.3, -0.25) is 4.79 Å². The van der Waals surface area contributed by atoms with E-state index in [-0.39, 0.29) is 23.7 Å². The largest absolute Gasteiger partial charge is 0.467 e. The second-order valence-electron chi connectivity index (χ2n) is 4.94. The molecule has 0 saturated carbocycles. The molecular weight excluding hydrogens is 232 g/mol. The van der Waals surface area contributed by atoms with E-state index in [1.54, 1.807) is 0 Å². The van der Waals surface area contributed by atoms with Gasteiger partial charge < -0.3 is 15.4 Å². The van der Waals surface area contributed by atoms with Crippen LogP contribution in [0.4, 0.5) is 0 Å². The molecule has 2 N–H and O–H groups in total. The topological polar surface area (TPSA) is 67.4 Å². The fraction of sp³-hybridized carbons (Fsp3) is 0.846. The first-order chi connectivity index (χ1) is 8.60. The van der Waals surface area contributed by atoms with Crippen LogP contribution < -0.4 is 10.6 Å². The van der Waals surface area contributed by atoms with E-state index < -0.39 is 6.04 Å². The molecule has 5 nitrogen and oxygen atoms in total. The summed E-state index contributed by atoms with van der Waals surface area (Å²) in [5, 5.41) is 6.03. The van der Waals surface area contributed by atoms with Gasteiger partial charge in [-0.1, -0.05) is 20.3 Å². The number of ether oxygens (including phenoxy) is 1. The van der Waals surface area contributed by atoms with Crippen LogP contribution in [0.2, 0.25) is 0 Å². The van der Waals surface area contributed by atoms with Gasteiger partial charge >= 0.3 is 5.97 Å². The normalized spacial score (nSPS) is 22.9. The Kier molecular flexibility index (Phi) is 6.12. The van der Waals surface area contributed by atoms with Crippen LogP contribution in [0.15, 0.2) is 0 Å². The van der Waals surface area contributed by atoms with Gasteiger partial charge in [-0.2, -0.15) is 0 Å². The second-order valence-corrected chi connectivity index (χ2v) is 4.94. The molecule has 1 saturated heterocycles. The molecule has 0 aliphatic carbocycles. The first kappa shape index (κ1) is 15.0. The Morgan fingerprint density at radius 3 is 2.72 bits per heavy atom. The van der Waals surface area contributed by atoms with Crippen LogP contribution in [0.25, 0.3) is 0 Å². The van der Waals surface area contributed by atoms with Crippen LogP contribution in [-0.4, -0.2) is 38.1 Å². The molecular formula is C13H24N2O3. The number of methoxy groups -OCH3 is 1. The van der Waals surface area contributed by atoms with Gasteiger partial charge in [0.25, 0.3) is 0 Å². The van der Waals surface area contributed by atoms with Crippen LogP contribution in [0.5, 0.6) is 0 Å². The zero-order valence-electron chi connectivity index (χ0n) is 11.5. The first-order valence-corrected chi connectivity index (χ1v) is 6.69. The molecule has 3 atom stereocenters. The number of nitrogens with one attached hydrogen (secondary N) is 2. The Bertz CT molecular complexity index is 288. The van der Waals surface area contributed by atoms with Gasteiger partial charge in [0.05, 0.1) is 13.0 Å². The predicted octanol–water partition coefficient (Wildman–Crippen LogP) is 0.690. The summed E-state index contributed by atoms with van der Waals surface area (Å²) in [6.45, 7) is 5.60. The number of esters is 1. The third-order valence-corrected chi connectivity index (χ3v) is 3.63. The molecule has 104 valence electrons. The highest BCUT2D eigenvalue weighted by atomic mass is 16.5. The van der Waals surface area contributed by atoms with Crippen molar-refractivity contribution in [1.29, 1.82) is 0 Å². The molecule has 0 spiro atoms. The van der Waals surface area contributed by atoms with Crippen LogP contribution in [-0.2, 0) is 14.3 Å². The molecule has 0 bridgehead atoms. The third-order valence-electron chi connectivity index (χ3n) is 3.63. The average Bonchev–Trinajstić information content (AvgIpc) is 2.43. The highest BCUT2D eigenvalue weighted by Gasteiger charge is 2.30. The smallest absolute Gasteiger partial charge is 0.328 e. The number of amides is 1. The van der Waals surface area contributed by atoms with Crippen molar-refractivity contribution < 1.29 is 14.3 Å². The van der Waals surface area contributed by atoms with E-state index in [1.165, 1.54) is 7.11 Å². The van der Waals surface area contributed by atoms with Gasteiger partial charge in [0.15, 0.2) is 0 Å². The fourth-order valence-corrected chi connectivity index (χ4v) is 2.14. The molecule has 0 radical (unpaired) electrons. The zero-order chi connectivity index (χ0) is 13.5. The summed E-state index contributed by atoms with van der Waals surface area (Å²) in [6, 6.07) is -0.533. The van der Waals surface area contributed by atoms with E-state index >= 15 is 0 Å². The summed E-state index contributed by atoms with van der Waals surface area (Å²) in [5.74, 6) is -0.354. The summed E-state index contributed by atoms with van der Waals surface area (Å²) in [4.78, 5) is 23.8. The standard InChI is InChI=1S/C13H24N2O3/c1-4-9(2)11(13(17)18-3)15-12(16)10-6-5-7-14-8-10/h9-11,14H,4-8H2,1-3H3,(H,15,16)/t9?,10-,11?/m1/s1. The number of carbonyl (C=O) groups excluding carboxylic acids is 2. The highest BCUT2D eigenvalue weighted by molar-refractivity contribution is 5.86.